The van der Waals surface area contributed by atoms with Gasteiger partial charge in [-0.05, 0) is 31.7 Å². The number of nitrogens with zero attached hydrogens (tertiary/aromatic N) is 1. The molecular weight excluding hydrogens is 224 g/mol. The molecule has 1 aliphatic rings. The van der Waals surface area contributed by atoms with Gasteiger partial charge in [-0.2, -0.15) is 0 Å². The lowest BCUT2D eigenvalue weighted by Crippen LogP contribution is -2.40. The summed E-state index contributed by atoms with van der Waals surface area (Å²) in [4.78, 5) is 14.4. The smallest absolute Gasteiger partial charge is 0.244 e. The van der Waals surface area contributed by atoms with Gasteiger partial charge in [0.2, 0.25) is 5.91 Å². The quantitative estimate of drug-likeness (QED) is 0.867. The highest BCUT2D eigenvalue weighted by Crippen LogP contribution is 2.29. The number of carbonyl (C=O) groups excluding carboxylic acids is 1. The van der Waals surface area contributed by atoms with Gasteiger partial charge in [0.15, 0.2) is 0 Å². The van der Waals surface area contributed by atoms with Gasteiger partial charge >= 0.3 is 0 Å². The van der Waals surface area contributed by atoms with E-state index in [0.29, 0.717) is 6.04 Å². The molecule has 3 nitrogen and oxygen atoms in total. The topological polar surface area (TPSA) is 46.3 Å². The summed E-state index contributed by atoms with van der Waals surface area (Å²) in [6.45, 7) is 4.95. The van der Waals surface area contributed by atoms with Gasteiger partial charge in [-0.3, -0.25) is 4.79 Å². The van der Waals surface area contributed by atoms with E-state index in [0.717, 1.165) is 31.4 Å². The lowest BCUT2D eigenvalue weighted by Gasteiger charge is -2.25. The van der Waals surface area contributed by atoms with Crippen LogP contribution in [0.5, 0.6) is 0 Å². The van der Waals surface area contributed by atoms with E-state index in [1.54, 1.807) is 0 Å². The SMILES string of the molecule is CCCN(C(=O)C(N)c1ccc(C)cc1)C1CC1. The van der Waals surface area contributed by atoms with Gasteiger partial charge in [0.05, 0.1) is 0 Å². The van der Waals surface area contributed by atoms with Crippen LogP contribution in [0, 0.1) is 6.92 Å². The fourth-order valence-electron chi connectivity index (χ4n) is 2.19. The summed E-state index contributed by atoms with van der Waals surface area (Å²) in [6, 6.07) is 7.84. The average molecular weight is 246 g/mol. The highest BCUT2D eigenvalue weighted by atomic mass is 16.2. The molecule has 2 rings (SSSR count). The van der Waals surface area contributed by atoms with E-state index in [1.165, 1.54) is 5.56 Å². The van der Waals surface area contributed by atoms with Crippen molar-refractivity contribution in [3.8, 4) is 0 Å². The van der Waals surface area contributed by atoms with Crippen molar-refractivity contribution in [2.75, 3.05) is 6.54 Å². The molecular formula is C15H22N2O. The summed E-state index contributed by atoms with van der Waals surface area (Å²) in [7, 11) is 0. The number of rotatable bonds is 5. The zero-order valence-corrected chi connectivity index (χ0v) is 11.2. The third-order valence-corrected chi connectivity index (χ3v) is 3.44. The summed E-state index contributed by atoms with van der Waals surface area (Å²) in [5.41, 5.74) is 8.19. The van der Waals surface area contributed by atoms with Crippen LogP contribution in [0.1, 0.15) is 43.4 Å². The van der Waals surface area contributed by atoms with Gasteiger partial charge in [0, 0.05) is 12.6 Å². The number of aryl methyl sites for hydroxylation is 1. The molecule has 3 heteroatoms. The number of carbonyl (C=O) groups is 1. The highest BCUT2D eigenvalue weighted by Gasteiger charge is 2.34. The molecule has 0 aliphatic heterocycles. The fourth-order valence-corrected chi connectivity index (χ4v) is 2.19. The number of hydrogen-bond acceptors (Lipinski definition) is 2. The zero-order chi connectivity index (χ0) is 13.1. The minimum Gasteiger partial charge on any atom is -0.338 e. The van der Waals surface area contributed by atoms with Crippen LogP contribution in [0.15, 0.2) is 24.3 Å². The van der Waals surface area contributed by atoms with E-state index >= 15 is 0 Å². The van der Waals surface area contributed by atoms with Crippen LogP contribution >= 0.6 is 0 Å². The molecule has 0 heterocycles. The van der Waals surface area contributed by atoms with Crippen LogP contribution in [0.25, 0.3) is 0 Å². The summed E-state index contributed by atoms with van der Waals surface area (Å²) in [5.74, 6) is 0.0724. The molecule has 1 saturated carbocycles. The van der Waals surface area contributed by atoms with Crippen LogP contribution in [0.3, 0.4) is 0 Å². The number of benzene rings is 1. The molecule has 98 valence electrons. The van der Waals surface area contributed by atoms with Gasteiger partial charge < -0.3 is 10.6 Å². The maximum atomic E-state index is 12.4. The third-order valence-electron chi connectivity index (χ3n) is 3.44. The molecule has 1 atom stereocenters. The first-order chi connectivity index (χ1) is 8.63. The van der Waals surface area contributed by atoms with Gasteiger partial charge in [-0.1, -0.05) is 36.8 Å². The average Bonchev–Trinajstić information content (AvgIpc) is 3.19. The summed E-state index contributed by atoms with van der Waals surface area (Å²) < 4.78 is 0. The highest BCUT2D eigenvalue weighted by molar-refractivity contribution is 5.83. The molecule has 1 fully saturated rings. The molecule has 0 radical (unpaired) electrons. The molecule has 0 spiro atoms. The zero-order valence-electron chi connectivity index (χ0n) is 11.2. The van der Waals surface area contributed by atoms with Crippen LogP contribution in [-0.2, 0) is 4.79 Å². The van der Waals surface area contributed by atoms with Crippen molar-refractivity contribution < 1.29 is 4.79 Å². The van der Waals surface area contributed by atoms with Crippen LogP contribution < -0.4 is 5.73 Å². The molecule has 18 heavy (non-hydrogen) atoms. The van der Waals surface area contributed by atoms with E-state index < -0.39 is 6.04 Å². The Balaban J connectivity index is 2.08. The monoisotopic (exact) mass is 246 g/mol. The first kappa shape index (κ1) is 13.1. The van der Waals surface area contributed by atoms with Crippen molar-refractivity contribution in [3.05, 3.63) is 35.4 Å². The molecule has 0 bridgehead atoms. The van der Waals surface area contributed by atoms with Crippen LogP contribution in [-0.4, -0.2) is 23.4 Å². The lowest BCUT2D eigenvalue weighted by molar-refractivity contribution is -0.133. The first-order valence-electron chi connectivity index (χ1n) is 6.76. The van der Waals surface area contributed by atoms with E-state index in [1.807, 2.05) is 36.1 Å². The first-order valence-corrected chi connectivity index (χ1v) is 6.76. The minimum absolute atomic E-state index is 0.0724. The molecule has 0 aromatic heterocycles. The van der Waals surface area contributed by atoms with Gasteiger partial charge in [-0.25, -0.2) is 0 Å². The Hall–Kier alpha value is -1.35. The maximum Gasteiger partial charge on any atom is 0.244 e. The van der Waals surface area contributed by atoms with Gasteiger partial charge in [-0.15, -0.1) is 0 Å². The van der Waals surface area contributed by atoms with E-state index in [9.17, 15) is 4.79 Å². The van der Waals surface area contributed by atoms with E-state index in [2.05, 4.69) is 6.92 Å². The van der Waals surface area contributed by atoms with Gasteiger partial charge in [0.1, 0.15) is 6.04 Å². The normalized spacial score (nSPS) is 16.4. The maximum absolute atomic E-state index is 12.4. The number of hydrogen-bond donors (Lipinski definition) is 1. The predicted octanol–water partition coefficient (Wildman–Crippen LogP) is 2.40. The molecule has 1 aromatic carbocycles. The Morgan fingerprint density at radius 2 is 2.00 bits per heavy atom. The Labute approximate surface area is 109 Å². The van der Waals surface area contributed by atoms with Crippen molar-refractivity contribution in [2.24, 2.45) is 5.73 Å². The Morgan fingerprint density at radius 3 is 2.50 bits per heavy atom. The lowest BCUT2D eigenvalue weighted by atomic mass is 10.0. The molecule has 0 saturated heterocycles. The number of amides is 1. The predicted molar refractivity (Wildman–Crippen MR) is 73.1 cm³/mol. The van der Waals surface area contributed by atoms with Crippen LogP contribution in [0.2, 0.25) is 0 Å². The second kappa shape index (κ2) is 5.53. The standard InChI is InChI=1S/C15H22N2O/c1-3-10-17(13-8-9-13)15(18)14(16)12-6-4-11(2)5-7-12/h4-7,13-14H,3,8-10,16H2,1-2H3. The van der Waals surface area contributed by atoms with Crippen molar-refractivity contribution in [1.82, 2.24) is 4.90 Å². The van der Waals surface area contributed by atoms with E-state index in [-0.39, 0.29) is 5.91 Å². The third kappa shape index (κ3) is 2.91. The Bertz CT molecular complexity index is 409. The second-order valence-electron chi connectivity index (χ2n) is 5.15. The van der Waals surface area contributed by atoms with Crippen molar-refractivity contribution in [3.63, 3.8) is 0 Å². The van der Waals surface area contributed by atoms with Crippen LogP contribution in [0.4, 0.5) is 0 Å². The van der Waals surface area contributed by atoms with Gasteiger partial charge in [0.25, 0.3) is 0 Å². The van der Waals surface area contributed by atoms with Crippen molar-refractivity contribution in [1.29, 1.82) is 0 Å². The van der Waals surface area contributed by atoms with Crippen molar-refractivity contribution >= 4 is 5.91 Å². The largest absolute Gasteiger partial charge is 0.338 e. The molecule has 1 aromatic rings. The molecule has 2 N–H and O–H groups in total. The Kier molecular flexibility index (Phi) is 4.02. The Morgan fingerprint density at radius 1 is 1.39 bits per heavy atom. The summed E-state index contributed by atoms with van der Waals surface area (Å²) >= 11 is 0. The summed E-state index contributed by atoms with van der Waals surface area (Å²) in [6.07, 6.45) is 3.25. The summed E-state index contributed by atoms with van der Waals surface area (Å²) in [5, 5.41) is 0. The molecule has 1 aliphatic carbocycles. The second-order valence-corrected chi connectivity index (χ2v) is 5.15. The number of nitrogens with two attached hydrogens (primary N) is 1. The minimum atomic E-state index is -0.516. The van der Waals surface area contributed by atoms with Crippen molar-refractivity contribution in [2.45, 2.75) is 45.2 Å². The molecule has 1 amide bonds. The fraction of sp³-hybridized carbons (Fsp3) is 0.533. The van der Waals surface area contributed by atoms with E-state index in [4.69, 9.17) is 5.73 Å². The molecule has 1 unspecified atom stereocenters.